The Bertz CT molecular complexity index is 840. The molecule has 0 saturated heterocycles. The molecule has 0 aliphatic heterocycles. The number of halogens is 1. The monoisotopic (exact) mass is 356 g/mol. The summed E-state index contributed by atoms with van der Waals surface area (Å²) in [6.07, 6.45) is 1.54. The van der Waals surface area contributed by atoms with Crippen LogP contribution in [0.25, 0.3) is 22.4 Å². The number of nitrogens with one attached hydrogen (secondary N) is 1. The molecule has 0 radical (unpaired) electrons. The van der Waals surface area contributed by atoms with Gasteiger partial charge >= 0.3 is 5.97 Å². The molecule has 3 rings (SSSR count). The van der Waals surface area contributed by atoms with E-state index in [0.717, 1.165) is 26.9 Å². The molecule has 0 fully saturated rings. The van der Waals surface area contributed by atoms with E-state index in [2.05, 4.69) is 32.5 Å². The van der Waals surface area contributed by atoms with Crippen LogP contribution in [-0.4, -0.2) is 22.5 Å². The number of hydrogen-bond acceptors (Lipinski definition) is 3. The first-order valence-corrected chi connectivity index (χ1v) is 7.51. The molecule has 22 heavy (non-hydrogen) atoms. The van der Waals surface area contributed by atoms with Crippen LogP contribution in [0.5, 0.6) is 0 Å². The van der Waals surface area contributed by atoms with Crippen LogP contribution in [0.2, 0.25) is 0 Å². The van der Waals surface area contributed by atoms with Crippen molar-refractivity contribution in [2.75, 3.05) is 6.61 Å². The summed E-state index contributed by atoms with van der Waals surface area (Å²) in [5.74, 6) is 0.367. The predicted octanol–water partition coefficient (Wildman–Crippen LogP) is 4.34. The number of fused-ring (bicyclic) bond motifs is 1. The lowest BCUT2D eigenvalue weighted by atomic mass is 10.2. The molecule has 0 spiro atoms. The van der Waals surface area contributed by atoms with Crippen molar-refractivity contribution in [1.29, 1.82) is 0 Å². The average molecular weight is 357 g/mol. The molecule has 0 unspecified atom stereocenters. The van der Waals surface area contributed by atoms with Crippen LogP contribution in [0.4, 0.5) is 0 Å². The number of carbonyl (C=O) groups excluding carboxylic acids is 1. The van der Waals surface area contributed by atoms with Gasteiger partial charge in [0.2, 0.25) is 0 Å². The Morgan fingerprint density at radius 1 is 1.32 bits per heavy atom. The van der Waals surface area contributed by atoms with Crippen LogP contribution in [0.1, 0.15) is 10.4 Å². The normalized spacial score (nSPS) is 10.6. The van der Waals surface area contributed by atoms with Crippen molar-refractivity contribution in [2.24, 2.45) is 0 Å². The molecule has 4 nitrogen and oxygen atoms in total. The van der Waals surface area contributed by atoms with E-state index >= 15 is 0 Å². The van der Waals surface area contributed by atoms with Crippen molar-refractivity contribution in [3.8, 4) is 11.4 Å². The van der Waals surface area contributed by atoms with Crippen LogP contribution in [0.15, 0.2) is 59.6 Å². The Kier molecular flexibility index (Phi) is 4.06. The van der Waals surface area contributed by atoms with E-state index in [4.69, 9.17) is 4.74 Å². The summed E-state index contributed by atoms with van der Waals surface area (Å²) in [6, 6.07) is 13.3. The molecular formula is C17H13BrN2O2. The number of esters is 1. The Balaban J connectivity index is 2.03. The molecule has 0 bridgehead atoms. The third-order valence-corrected chi connectivity index (χ3v) is 3.76. The molecule has 1 N–H and O–H groups in total. The second-order valence-corrected chi connectivity index (χ2v) is 5.55. The van der Waals surface area contributed by atoms with E-state index in [9.17, 15) is 4.79 Å². The molecule has 0 aliphatic carbocycles. The second kappa shape index (κ2) is 6.15. The number of aromatic nitrogens is 2. The maximum atomic E-state index is 12.0. The molecule has 0 amide bonds. The van der Waals surface area contributed by atoms with Gasteiger partial charge in [-0.05, 0) is 28.1 Å². The molecule has 3 aromatic rings. The highest BCUT2D eigenvalue weighted by molar-refractivity contribution is 9.10. The first-order chi connectivity index (χ1) is 10.7. The zero-order valence-corrected chi connectivity index (χ0v) is 13.3. The van der Waals surface area contributed by atoms with E-state index in [1.54, 1.807) is 12.1 Å². The summed E-state index contributed by atoms with van der Waals surface area (Å²) in [5.41, 5.74) is 3.00. The number of aromatic amines is 1. The highest BCUT2D eigenvalue weighted by Gasteiger charge is 2.14. The second-order valence-electron chi connectivity index (χ2n) is 4.69. The minimum atomic E-state index is -0.390. The lowest BCUT2D eigenvalue weighted by molar-refractivity contribution is 0.0550. The van der Waals surface area contributed by atoms with Gasteiger partial charge in [0.1, 0.15) is 17.9 Å². The lowest BCUT2D eigenvalue weighted by Gasteiger charge is -2.02. The zero-order valence-electron chi connectivity index (χ0n) is 11.7. The maximum absolute atomic E-state index is 12.0. The Morgan fingerprint density at radius 2 is 2.09 bits per heavy atom. The Labute approximate surface area is 136 Å². The van der Waals surface area contributed by atoms with Gasteiger partial charge in [0.25, 0.3) is 0 Å². The molecule has 5 heteroatoms. The quantitative estimate of drug-likeness (QED) is 0.558. The van der Waals surface area contributed by atoms with Crippen molar-refractivity contribution < 1.29 is 9.53 Å². The first-order valence-electron chi connectivity index (χ1n) is 6.71. The lowest BCUT2D eigenvalue weighted by Crippen LogP contribution is -2.05. The summed E-state index contributed by atoms with van der Waals surface area (Å²) < 4.78 is 5.80. The van der Waals surface area contributed by atoms with Crippen LogP contribution in [-0.2, 0) is 4.74 Å². The summed E-state index contributed by atoms with van der Waals surface area (Å²) in [5, 5.41) is 0. The fourth-order valence-corrected chi connectivity index (χ4v) is 2.69. The zero-order chi connectivity index (χ0) is 15.5. The van der Waals surface area contributed by atoms with Gasteiger partial charge in [0, 0.05) is 10.0 Å². The molecule has 2 aromatic carbocycles. The topological polar surface area (TPSA) is 55.0 Å². The molecule has 0 aliphatic rings. The summed E-state index contributed by atoms with van der Waals surface area (Å²) in [4.78, 5) is 19.8. The van der Waals surface area contributed by atoms with Crippen molar-refractivity contribution in [3.63, 3.8) is 0 Å². The molecule has 0 saturated carbocycles. The standard InChI is InChI=1S/C17H13BrN2O2/c1-2-8-22-17(21)12-9-13(18)15-14(10-12)19-16(20-15)11-6-4-3-5-7-11/h2-7,9-10H,1,8H2,(H,19,20). The minimum absolute atomic E-state index is 0.187. The molecule has 1 heterocycles. The smallest absolute Gasteiger partial charge is 0.338 e. The number of hydrogen-bond donors (Lipinski definition) is 1. The van der Waals surface area contributed by atoms with Crippen LogP contribution in [0.3, 0.4) is 0 Å². The van der Waals surface area contributed by atoms with Crippen LogP contribution in [0, 0.1) is 0 Å². The summed E-state index contributed by atoms with van der Waals surface area (Å²) in [7, 11) is 0. The molecule has 0 atom stereocenters. The fraction of sp³-hybridized carbons (Fsp3) is 0.0588. The number of carbonyl (C=O) groups is 1. The summed E-state index contributed by atoms with van der Waals surface area (Å²) in [6.45, 7) is 3.72. The number of benzene rings is 2. The van der Waals surface area contributed by atoms with Gasteiger partial charge in [-0.15, -0.1) is 0 Å². The van der Waals surface area contributed by atoms with E-state index in [1.807, 2.05) is 30.3 Å². The van der Waals surface area contributed by atoms with Gasteiger partial charge in [-0.2, -0.15) is 0 Å². The average Bonchev–Trinajstić information content (AvgIpc) is 2.98. The van der Waals surface area contributed by atoms with E-state index in [-0.39, 0.29) is 6.61 Å². The molecule has 1 aromatic heterocycles. The fourth-order valence-electron chi connectivity index (χ4n) is 2.14. The first kappa shape index (κ1) is 14.5. The maximum Gasteiger partial charge on any atom is 0.338 e. The number of nitrogens with zero attached hydrogens (tertiary/aromatic N) is 1. The largest absolute Gasteiger partial charge is 0.458 e. The number of ether oxygens (including phenoxy) is 1. The third-order valence-electron chi connectivity index (χ3n) is 3.16. The minimum Gasteiger partial charge on any atom is -0.458 e. The highest BCUT2D eigenvalue weighted by atomic mass is 79.9. The highest BCUT2D eigenvalue weighted by Crippen LogP contribution is 2.27. The van der Waals surface area contributed by atoms with Crippen LogP contribution >= 0.6 is 15.9 Å². The van der Waals surface area contributed by atoms with E-state index in [0.29, 0.717) is 5.56 Å². The van der Waals surface area contributed by atoms with Gasteiger partial charge in [-0.25, -0.2) is 9.78 Å². The number of H-pyrrole nitrogens is 1. The van der Waals surface area contributed by atoms with E-state index < -0.39 is 5.97 Å². The van der Waals surface area contributed by atoms with Crippen molar-refractivity contribution >= 4 is 32.9 Å². The Morgan fingerprint density at radius 3 is 2.82 bits per heavy atom. The van der Waals surface area contributed by atoms with Gasteiger partial charge in [-0.1, -0.05) is 43.0 Å². The number of imidazole rings is 1. The van der Waals surface area contributed by atoms with Gasteiger partial charge in [-0.3, -0.25) is 0 Å². The third kappa shape index (κ3) is 2.80. The van der Waals surface area contributed by atoms with Gasteiger partial charge in [0.15, 0.2) is 0 Å². The summed E-state index contributed by atoms with van der Waals surface area (Å²) >= 11 is 3.46. The van der Waals surface area contributed by atoms with Crippen molar-refractivity contribution in [1.82, 2.24) is 9.97 Å². The van der Waals surface area contributed by atoms with Crippen molar-refractivity contribution in [3.05, 3.63) is 65.2 Å². The van der Waals surface area contributed by atoms with Gasteiger partial charge < -0.3 is 9.72 Å². The molecule has 110 valence electrons. The Hall–Kier alpha value is -2.40. The van der Waals surface area contributed by atoms with Crippen molar-refractivity contribution in [2.45, 2.75) is 0 Å². The van der Waals surface area contributed by atoms with E-state index in [1.165, 1.54) is 6.08 Å². The number of rotatable bonds is 4. The predicted molar refractivity (Wildman–Crippen MR) is 89.7 cm³/mol. The van der Waals surface area contributed by atoms with Crippen LogP contribution < -0.4 is 0 Å². The molecular weight excluding hydrogens is 344 g/mol. The van der Waals surface area contributed by atoms with Gasteiger partial charge in [0.05, 0.1) is 11.1 Å². The SMILES string of the molecule is C=CCOC(=O)c1cc(Br)c2nc(-c3ccccc3)[nH]c2c1.